The maximum Gasteiger partial charge on any atom is 0.126 e. The number of hydrogen-bond donors (Lipinski definition) is 2. The van der Waals surface area contributed by atoms with Crippen molar-refractivity contribution >= 4 is 45.3 Å². The molecule has 2 aromatic rings. The molecule has 21 heavy (non-hydrogen) atoms. The van der Waals surface area contributed by atoms with Crippen LogP contribution < -0.4 is 0 Å². The predicted molar refractivity (Wildman–Crippen MR) is 73.4 cm³/mol. The van der Waals surface area contributed by atoms with E-state index in [-0.39, 0.29) is 16.5 Å². The average molecular weight is 330 g/mol. The zero-order valence-corrected chi connectivity index (χ0v) is 11.8. The summed E-state index contributed by atoms with van der Waals surface area (Å²) in [7, 11) is -4.73. The molecular weight excluding hydrogens is 322 g/mol. The fourth-order valence-electron chi connectivity index (χ4n) is 1.79. The highest BCUT2D eigenvalue weighted by Gasteiger charge is 2.13. The fourth-order valence-corrected chi connectivity index (χ4v) is 2.76. The lowest BCUT2D eigenvalue weighted by Gasteiger charge is -2.12. The lowest BCUT2D eigenvalue weighted by molar-refractivity contribution is -0.432. The summed E-state index contributed by atoms with van der Waals surface area (Å²) >= 11 is 0.615. The van der Waals surface area contributed by atoms with Crippen molar-refractivity contribution in [3.05, 3.63) is 24.3 Å². The molecule has 2 aromatic carbocycles. The van der Waals surface area contributed by atoms with Gasteiger partial charge in [-0.2, -0.15) is 0 Å². The van der Waals surface area contributed by atoms with E-state index in [2.05, 4.69) is 21.1 Å². The summed E-state index contributed by atoms with van der Waals surface area (Å²) in [5.74, 6) is -0.416. The number of benzene rings is 2. The van der Waals surface area contributed by atoms with Crippen LogP contribution in [0.2, 0.25) is 0 Å². The van der Waals surface area contributed by atoms with E-state index in [1.807, 2.05) is 0 Å². The van der Waals surface area contributed by atoms with E-state index in [4.69, 9.17) is 5.26 Å². The highest BCUT2D eigenvalue weighted by molar-refractivity contribution is 7.94. The van der Waals surface area contributed by atoms with E-state index in [0.717, 1.165) is 12.1 Å². The van der Waals surface area contributed by atoms with E-state index in [9.17, 15) is 18.1 Å². The van der Waals surface area contributed by atoms with E-state index in [0.29, 0.717) is 16.9 Å². The van der Waals surface area contributed by atoms with Gasteiger partial charge in [-0.1, -0.05) is 5.04 Å². The van der Waals surface area contributed by atoms with Crippen LogP contribution in [0.3, 0.4) is 0 Å². The molecule has 0 radical (unpaired) electrons. The van der Waals surface area contributed by atoms with Gasteiger partial charge in [-0.15, -0.1) is 4.33 Å². The Morgan fingerprint density at radius 1 is 1.29 bits per heavy atom. The number of rotatable bonds is 5. The molecule has 0 fully saturated rings. The summed E-state index contributed by atoms with van der Waals surface area (Å²) < 4.78 is 37.4. The molecule has 0 aromatic heterocycles. The van der Waals surface area contributed by atoms with Gasteiger partial charge in [-0.05, 0) is 36.4 Å². The van der Waals surface area contributed by atoms with Gasteiger partial charge in [0.05, 0.1) is 22.6 Å². The summed E-state index contributed by atoms with van der Waals surface area (Å²) in [4.78, 5) is 3.50. The summed E-state index contributed by atoms with van der Waals surface area (Å²) in [5.41, 5.74) is 0.240. The minimum Gasteiger partial charge on any atom is -0.744 e. The van der Waals surface area contributed by atoms with Gasteiger partial charge in [-0.25, -0.2) is 13.7 Å². The molecule has 10 heteroatoms. The molecule has 0 atom stereocenters. The van der Waals surface area contributed by atoms with E-state index < -0.39 is 20.8 Å². The second-order valence-corrected chi connectivity index (χ2v) is 5.97. The molecule has 0 heterocycles. The molecular formula is C11H8NO7S2-. The van der Waals surface area contributed by atoms with Crippen LogP contribution in [-0.4, -0.2) is 30.1 Å². The predicted octanol–water partition coefficient (Wildman–Crippen LogP) is 2.21. The number of phenols is 1. The highest BCUT2D eigenvalue weighted by atomic mass is 32.2. The molecule has 0 spiro atoms. The first kappa shape index (κ1) is 15.7. The molecule has 0 aliphatic heterocycles. The Kier molecular flexibility index (Phi) is 4.46. The largest absolute Gasteiger partial charge is 0.744 e. The first-order valence-corrected chi connectivity index (χ1v) is 7.40. The summed E-state index contributed by atoms with van der Waals surface area (Å²) in [6.45, 7) is 3.34. The Morgan fingerprint density at radius 3 is 2.57 bits per heavy atom. The molecule has 0 amide bonds. The van der Waals surface area contributed by atoms with Crippen molar-refractivity contribution in [3.8, 4) is 5.75 Å². The van der Waals surface area contributed by atoms with Crippen molar-refractivity contribution in [2.45, 2.75) is 9.79 Å². The Bertz CT molecular complexity index is 804. The van der Waals surface area contributed by atoms with Crippen LogP contribution in [0.4, 0.5) is 5.69 Å². The average Bonchev–Trinajstić information content (AvgIpc) is 2.42. The minimum absolute atomic E-state index is 0.228. The van der Waals surface area contributed by atoms with Gasteiger partial charge >= 0.3 is 0 Å². The van der Waals surface area contributed by atoms with Gasteiger partial charge in [0.2, 0.25) is 0 Å². The van der Waals surface area contributed by atoms with Crippen molar-refractivity contribution in [1.29, 1.82) is 0 Å². The Hall–Kier alpha value is -1.69. The third-order valence-corrected chi connectivity index (χ3v) is 3.94. The molecule has 0 saturated heterocycles. The Morgan fingerprint density at radius 2 is 2.00 bits per heavy atom. The lowest BCUT2D eigenvalue weighted by Crippen LogP contribution is -1.98. The van der Waals surface area contributed by atoms with Crippen molar-refractivity contribution < 1.29 is 32.7 Å². The monoisotopic (exact) mass is 330 g/mol. The van der Waals surface area contributed by atoms with Gasteiger partial charge < -0.3 is 9.66 Å². The smallest absolute Gasteiger partial charge is 0.126 e. The Balaban J connectivity index is 2.73. The Labute approximate surface area is 123 Å². The maximum absolute atomic E-state index is 11.1. The van der Waals surface area contributed by atoms with Gasteiger partial charge in [0, 0.05) is 10.3 Å². The first-order valence-electron chi connectivity index (χ1n) is 5.25. The van der Waals surface area contributed by atoms with Crippen LogP contribution in [0.1, 0.15) is 0 Å². The van der Waals surface area contributed by atoms with Crippen LogP contribution >= 0.6 is 12.0 Å². The molecule has 112 valence electrons. The summed E-state index contributed by atoms with van der Waals surface area (Å²) in [6, 6.07) is 4.82. The maximum atomic E-state index is 11.1. The van der Waals surface area contributed by atoms with Crippen LogP contribution in [-0.2, 0) is 19.5 Å². The molecule has 8 nitrogen and oxygen atoms in total. The molecule has 0 aliphatic carbocycles. The highest BCUT2D eigenvalue weighted by Crippen LogP contribution is 2.39. The second-order valence-electron chi connectivity index (χ2n) is 3.82. The van der Waals surface area contributed by atoms with Crippen molar-refractivity contribution in [2.24, 2.45) is 4.99 Å². The van der Waals surface area contributed by atoms with E-state index >= 15 is 0 Å². The standard InChI is InChI=1S/C11H9NO7S2/c1-12-9-4-7(20-19-18-14)2-6-3-8(21(15,16)17)5-10(13)11(6)9/h2-5,13-14H,1H2,(H,15,16,17)/p-1. The van der Waals surface area contributed by atoms with Gasteiger partial charge in [0.1, 0.15) is 15.9 Å². The zero-order chi connectivity index (χ0) is 15.6. The number of aliphatic imine (C=N–C) groups is 1. The summed E-state index contributed by atoms with van der Waals surface area (Å²) in [6.07, 6.45) is 0. The number of fused-ring (bicyclic) bond motifs is 1. The van der Waals surface area contributed by atoms with Crippen molar-refractivity contribution in [2.75, 3.05) is 0 Å². The molecule has 0 saturated carbocycles. The van der Waals surface area contributed by atoms with Crippen LogP contribution in [0.25, 0.3) is 10.8 Å². The lowest BCUT2D eigenvalue weighted by atomic mass is 10.1. The normalized spacial score (nSPS) is 11.7. The molecule has 2 N–H and O–H groups in total. The van der Waals surface area contributed by atoms with Crippen LogP contribution in [0, 0.1) is 0 Å². The first-order chi connectivity index (χ1) is 9.86. The minimum atomic E-state index is -4.73. The molecule has 0 bridgehead atoms. The molecule has 0 aliphatic rings. The van der Waals surface area contributed by atoms with Gasteiger partial charge in [0.15, 0.2) is 0 Å². The van der Waals surface area contributed by atoms with Crippen LogP contribution in [0.5, 0.6) is 5.75 Å². The number of hydrogen-bond acceptors (Lipinski definition) is 9. The molecule has 2 rings (SSSR count). The van der Waals surface area contributed by atoms with E-state index in [1.165, 1.54) is 12.1 Å². The van der Waals surface area contributed by atoms with Crippen molar-refractivity contribution in [1.82, 2.24) is 0 Å². The van der Waals surface area contributed by atoms with Crippen LogP contribution in [0.15, 0.2) is 39.0 Å². The molecule has 0 unspecified atom stereocenters. The van der Waals surface area contributed by atoms with Gasteiger partial charge in [0.25, 0.3) is 0 Å². The number of phenolic OH excluding ortho intramolecular Hbond substituents is 1. The van der Waals surface area contributed by atoms with E-state index in [1.54, 1.807) is 0 Å². The quantitative estimate of drug-likeness (QED) is 0.281. The summed E-state index contributed by atoms with van der Waals surface area (Å²) in [5, 5.41) is 21.9. The van der Waals surface area contributed by atoms with Crippen molar-refractivity contribution in [3.63, 3.8) is 0 Å². The number of nitrogens with zero attached hydrogens (tertiary/aromatic N) is 1. The van der Waals surface area contributed by atoms with Gasteiger partial charge in [-0.3, -0.25) is 4.99 Å². The third-order valence-electron chi connectivity index (χ3n) is 2.57. The SMILES string of the molecule is C=Nc1cc(SOOO)cc2cc(S(=O)(=O)[O-])cc(O)c12. The zero-order valence-electron chi connectivity index (χ0n) is 10.2. The number of aromatic hydroxyl groups is 1. The fraction of sp³-hybridized carbons (Fsp3) is 0. The topological polar surface area (TPSA) is 128 Å². The third kappa shape index (κ3) is 3.32. The second kappa shape index (κ2) is 5.97.